The highest BCUT2D eigenvalue weighted by molar-refractivity contribution is 5.47. The average molecular weight is 260 g/mol. The summed E-state index contributed by atoms with van der Waals surface area (Å²) in [6.45, 7) is 6.15. The van der Waals surface area contributed by atoms with E-state index in [2.05, 4.69) is 41.4 Å². The molecule has 104 valence electrons. The second-order valence-electron chi connectivity index (χ2n) is 5.80. The normalized spacial score (nSPS) is 24.3. The van der Waals surface area contributed by atoms with Crippen LogP contribution in [-0.2, 0) is 11.3 Å². The van der Waals surface area contributed by atoms with Crippen LogP contribution in [0, 0.1) is 0 Å². The molecular weight excluding hydrogens is 236 g/mol. The van der Waals surface area contributed by atoms with Crippen molar-refractivity contribution in [1.82, 2.24) is 5.32 Å². The molecule has 3 nitrogen and oxygen atoms in total. The van der Waals surface area contributed by atoms with Crippen LogP contribution in [0.25, 0.3) is 0 Å². The third-order valence-corrected chi connectivity index (χ3v) is 3.93. The monoisotopic (exact) mass is 260 g/mol. The summed E-state index contributed by atoms with van der Waals surface area (Å²) in [6, 6.07) is 9.79. The highest BCUT2D eigenvalue weighted by Gasteiger charge is 2.20. The van der Waals surface area contributed by atoms with Gasteiger partial charge < -0.3 is 15.0 Å². The van der Waals surface area contributed by atoms with E-state index in [0.29, 0.717) is 6.10 Å². The largest absolute Gasteiger partial charge is 0.377 e. The van der Waals surface area contributed by atoms with Crippen molar-refractivity contribution in [3.8, 4) is 0 Å². The van der Waals surface area contributed by atoms with Crippen LogP contribution in [0.15, 0.2) is 24.3 Å². The van der Waals surface area contributed by atoms with Crippen molar-refractivity contribution < 1.29 is 4.74 Å². The Morgan fingerprint density at radius 1 is 1.26 bits per heavy atom. The molecule has 0 amide bonds. The lowest BCUT2D eigenvalue weighted by atomic mass is 10.2. The van der Waals surface area contributed by atoms with E-state index in [4.69, 9.17) is 4.74 Å². The minimum Gasteiger partial charge on any atom is -0.377 e. The maximum atomic E-state index is 5.70. The van der Waals surface area contributed by atoms with Gasteiger partial charge in [-0.15, -0.1) is 0 Å². The number of anilines is 1. The Morgan fingerprint density at radius 3 is 2.79 bits per heavy atom. The Kier molecular flexibility index (Phi) is 4.04. The van der Waals surface area contributed by atoms with Gasteiger partial charge in [-0.25, -0.2) is 0 Å². The predicted octanol–water partition coefficient (Wildman–Crippen LogP) is 2.55. The van der Waals surface area contributed by atoms with E-state index in [-0.39, 0.29) is 0 Å². The van der Waals surface area contributed by atoms with Crippen LogP contribution in [0.5, 0.6) is 0 Å². The summed E-state index contributed by atoms with van der Waals surface area (Å²) < 4.78 is 5.70. The first-order valence-corrected chi connectivity index (χ1v) is 7.50. The molecule has 3 heteroatoms. The molecule has 1 saturated heterocycles. The van der Waals surface area contributed by atoms with E-state index >= 15 is 0 Å². The summed E-state index contributed by atoms with van der Waals surface area (Å²) in [5, 5.41) is 3.56. The van der Waals surface area contributed by atoms with Gasteiger partial charge in [0.2, 0.25) is 0 Å². The summed E-state index contributed by atoms with van der Waals surface area (Å²) in [5.41, 5.74) is 2.71. The summed E-state index contributed by atoms with van der Waals surface area (Å²) in [6.07, 6.45) is 4.15. The first-order valence-electron chi connectivity index (χ1n) is 7.50. The molecule has 1 unspecified atom stereocenters. The van der Waals surface area contributed by atoms with Gasteiger partial charge in [-0.3, -0.25) is 0 Å². The van der Waals surface area contributed by atoms with Crippen molar-refractivity contribution in [2.24, 2.45) is 0 Å². The topological polar surface area (TPSA) is 24.5 Å². The van der Waals surface area contributed by atoms with Crippen LogP contribution >= 0.6 is 0 Å². The molecule has 1 N–H and O–H groups in total. The number of ether oxygens (including phenoxy) is 1. The molecule has 1 saturated carbocycles. The van der Waals surface area contributed by atoms with Crippen LogP contribution in [0.1, 0.15) is 31.7 Å². The fourth-order valence-electron chi connectivity index (χ4n) is 2.60. The molecule has 2 aliphatic rings. The van der Waals surface area contributed by atoms with E-state index < -0.39 is 0 Å². The van der Waals surface area contributed by atoms with Gasteiger partial charge in [0.1, 0.15) is 0 Å². The van der Waals surface area contributed by atoms with E-state index in [1.54, 1.807) is 0 Å². The van der Waals surface area contributed by atoms with E-state index in [0.717, 1.165) is 38.7 Å². The van der Waals surface area contributed by atoms with Crippen molar-refractivity contribution in [2.45, 2.75) is 44.9 Å². The van der Waals surface area contributed by atoms with Gasteiger partial charge in [0.15, 0.2) is 0 Å². The van der Waals surface area contributed by atoms with Gasteiger partial charge in [-0.05, 0) is 43.9 Å². The van der Waals surface area contributed by atoms with Crippen molar-refractivity contribution in [1.29, 1.82) is 0 Å². The minimum absolute atomic E-state index is 0.332. The first kappa shape index (κ1) is 12.9. The molecule has 2 fully saturated rings. The van der Waals surface area contributed by atoms with Gasteiger partial charge in [-0.1, -0.05) is 12.1 Å². The lowest BCUT2D eigenvalue weighted by Gasteiger charge is -2.24. The molecule has 1 aliphatic carbocycles. The molecule has 0 aromatic heterocycles. The fraction of sp³-hybridized carbons (Fsp3) is 0.625. The molecule has 3 rings (SSSR count). The Balaban J connectivity index is 1.60. The maximum absolute atomic E-state index is 5.70. The van der Waals surface area contributed by atoms with Crippen LogP contribution in [0.3, 0.4) is 0 Å². The standard InChI is InChI=1S/C16H24N2O/c1-13-12-18(9-2-10-19-13)16-7-3-14(4-8-16)11-17-15-5-6-15/h3-4,7-8,13,15,17H,2,5-6,9-12H2,1H3. The zero-order valence-corrected chi connectivity index (χ0v) is 11.8. The molecule has 0 spiro atoms. The van der Waals surface area contributed by atoms with Crippen molar-refractivity contribution in [3.05, 3.63) is 29.8 Å². The number of benzene rings is 1. The molecular formula is C16H24N2O. The SMILES string of the molecule is CC1CN(c2ccc(CNC3CC3)cc2)CCCO1. The van der Waals surface area contributed by atoms with Crippen molar-refractivity contribution in [3.63, 3.8) is 0 Å². The molecule has 0 bridgehead atoms. The smallest absolute Gasteiger partial charge is 0.0721 e. The fourth-order valence-corrected chi connectivity index (χ4v) is 2.60. The number of nitrogens with zero attached hydrogens (tertiary/aromatic N) is 1. The Bertz CT molecular complexity index is 400. The molecule has 1 aliphatic heterocycles. The third kappa shape index (κ3) is 3.71. The maximum Gasteiger partial charge on any atom is 0.0721 e. The number of hydrogen-bond acceptors (Lipinski definition) is 3. The summed E-state index contributed by atoms with van der Waals surface area (Å²) in [5.74, 6) is 0. The van der Waals surface area contributed by atoms with Crippen LogP contribution in [0.2, 0.25) is 0 Å². The van der Waals surface area contributed by atoms with Crippen LogP contribution in [-0.4, -0.2) is 31.8 Å². The lowest BCUT2D eigenvalue weighted by molar-refractivity contribution is 0.0821. The van der Waals surface area contributed by atoms with E-state index in [9.17, 15) is 0 Å². The lowest BCUT2D eigenvalue weighted by Crippen LogP contribution is -2.30. The van der Waals surface area contributed by atoms with E-state index in [1.807, 2.05) is 0 Å². The zero-order valence-electron chi connectivity index (χ0n) is 11.8. The Morgan fingerprint density at radius 2 is 2.05 bits per heavy atom. The zero-order chi connectivity index (χ0) is 13.1. The summed E-state index contributed by atoms with van der Waals surface area (Å²) in [7, 11) is 0. The summed E-state index contributed by atoms with van der Waals surface area (Å²) >= 11 is 0. The minimum atomic E-state index is 0.332. The molecule has 0 radical (unpaired) electrons. The highest BCUT2D eigenvalue weighted by Crippen LogP contribution is 2.21. The Hall–Kier alpha value is -1.06. The molecule has 1 aromatic rings. The average Bonchev–Trinajstić information content (AvgIpc) is 3.25. The van der Waals surface area contributed by atoms with Gasteiger partial charge in [0.25, 0.3) is 0 Å². The predicted molar refractivity (Wildman–Crippen MR) is 78.5 cm³/mol. The van der Waals surface area contributed by atoms with Crippen LogP contribution < -0.4 is 10.2 Å². The quantitative estimate of drug-likeness (QED) is 0.900. The summed E-state index contributed by atoms with van der Waals surface area (Å²) in [4.78, 5) is 2.44. The molecule has 1 aromatic carbocycles. The molecule has 1 atom stereocenters. The van der Waals surface area contributed by atoms with Crippen LogP contribution in [0.4, 0.5) is 5.69 Å². The number of nitrogens with one attached hydrogen (secondary N) is 1. The number of rotatable bonds is 4. The second-order valence-corrected chi connectivity index (χ2v) is 5.80. The number of hydrogen-bond donors (Lipinski definition) is 1. The van der Waals surface area contributed by atoms with Crippen molar-refractivity contribution >= 4 is 5.69 Å². The molecule has 1 heterocycles. The van der Waals surface area contributed by atoms with E-state index in [1.165, 1.54) is 24.1 Å². The third-order valence-electron chi connectivity index (χ3n) is 3.93. The highest BCUT2D eigenvalue weighted by atomic mass is 16.5. The first-order chi connectivity index (χ1) is 9.31. The molecule has 19 heavy (non-hydrogen) atoms. The van der Waals surface area contributed by atoms with Gasteiger partial charge >= 0.3 is 0 Å². The van der Waals surface area contributed by atoms with Gasteiger partial charge in [0.05, 0.1) is 6.10 Å². The van der Waals surface area contributed by atoms with Crippen molar-refractivity contribution in [2.75, 3.05) is 24.6 Å². The second kappa shape index (κ2) is 5.93. The van der Waals surface area contributed by atoms with Gasteiger partial charge in [-0.2, -0.15) is 0 Å². The van der Waals surface area contributed by atoms with Gasteiger partial charge in [0, 0.05) is 38.0 Å². The Labute approximate surface area is 115 Å².